The molecular formula is C13H20N4O. The van der Waals surface area contributed by atoms with E-state index < -0.39 is 0 Å². The van der Waals surface area contributed by atoms with Crippen LogP contribution in [0.25, 0.3) is 0 Å². The topological polar surface area (TPSA) is 83.5 Å². The molecular weight excluding hydrogens is 228 g/mol. The second-order valence-electron chi connectivity index (χ2n) is 5.13. The van der Waals surface area contributed by atoms with Crippen LogP contribution in [0.4, 0.5) is 0 Å². The number of amidine groups is 1. The standard InChI is InChI=1S/C13H20N4O/c1-10(11-4-2-3-7-15-11)16-9-13(5-6-13)8-12(14)17-18/h2-4,7,10,16,18H,5-6,8-9H2,1H3,(H2,14,17). The van der Waals surface area contributed by atoms with Crippen molar-refractivity contribution in [2.24, 2.45) is 16.3 Å². The highest BCUT2D eigenvalue weighted by molar-refractivity contribution is 5.80. The summed E-state index contributed by atoms with van der Waals surface area (Å²) in [6, 6.07) is 6.14. The Labute approximate surface area is 107 Å². The van der Waals surface area contributed by atoms with Gasteiger partial charge in [-0.3, -0.25) is 4.98 Å². The Hall–Kier alpha value is -1.62. The molecule has 1 aliphatic carbocycles. The van der Waals surface area contributed by atoms with Gasteiger partial charge in [0.15, 0.2) is 0 Å². The number of nitrogens with two attached hydrogens (primary N) is 1. The van der Waals surface area contributed by atoms with Crippen molar-refractivity contribution >= 4 is 5.84 Å². The third-order valence-electron chi connectivity index (χ3n) is 3.56. The first kappa shape index (κ1) is 12.8. The Balaban J connectivity index is 1.85. The fourth-order valence-corrected chi connectivity index (χ4v) is 2.12. The lowest BCUT2D eigenvalue weighted by Gasteiger charge is -2.19. The van der Waals surface area contributed by atoms with Crippen molar-refractivity contribution in [2.75, 3.05) is 6.54 Å². The van der Waals surface area contributed by atoms with Crippen molar-refractivity contribution in [3.8, 4) is 0 Å². The molecule has 1 heterocycles. The molecule has 1 aromatic heterocycles. The van der Waals surface area contributed by atoms with Crippen molar-refractivity contribution in [1.29, 1.82) is 0 Å². The minimum atomic E-state index is 0.180. The molecule has 0 bridgehead atoms. The number of aromatic nitrogens is 1. The normalized spacial score (nSPS) is 19.5. The van der Waals surface area contributed by atoms with Gasteiger partial charge in [0.1, 0.15) is 5.84 Å². The maximum atomic E-state index is 8.61. The zero-order chi connectivity index (χ0) is 13.0. The van der Waals surface area contributed by atoms with Gasteiger partial charge in [0.05, 0.1) is 5.69 Å². The summed E-state index contributed by atoms with van der Waals surface area (Å²) < 4.78 is 0. The molecule has 5 nitrogen and oxygen atoms in total. The highest BCUT2D eigenvalue weighted by Gasteiger charge is 2.43. The van der Waals surface area contributed by atoms with E-state index in [4.69, 9.17) is 10.9 Å². The Morgan fingerprint density at radius 2 is 2.39 bits per heavy atom. The molecule has 4 N–H and O–H groups in total. The van der Waals surface area contributed by atoms with Gasteiger partial charge in [-0.05, 0) is 37.3 Å². The fraction of sp³-hybridized carbons (Fsp3) is 0.538. The first-order valence-corrected chi connectivity index (χ1v) is 6.26. The van der Waals surface area contributed by atoms with Crippen LogP contribution in [0.5, 0.6) is 0 Å². The number of nitrogens with zero attached hydrogens (tertiary/aromatic N) is 2. The molecule has 5 heteroatoms. The van der Waals surface area contributed by atoms with Gasteiger partial charge in [0.2, 0.25) is 0 Å². The molecule has 1 atom stereocenters. The van der Waals surface area contributed by atoms with Crippen LogP contribution in [0.1, 0.15) is 37.9 Å². The Morgan fingerprint density at radius 1 is 1.61 bits per heavy atom. The number of nitrogens with one attached hydrogen (secondary N) is 1. The largest absolute Gasteiger partial charge is 0.409 e. The van der Waals surface area contributed by atoms with E-state index >= 15 is 0 Å². The molecule has 0 spiro atoms. The van der Waals surface area contributed by atoms with Crippen LogP contribution in [0.2, 0.25) is 0 Å². The molecule has 1 unspecified atom stereocenters. The predicted molar refractivity (Wildman–Crippen MR) is 70.3 cm³/mol. The highest BCUT2D eigenvalue weighted by Crippen LogP contribution is 2.48. The third-order valence-corrected chi connectivity index (χ3v) is 3.56. The lowest BCUT2D eigenvalue weighted by Crippen LogP contribution is -2.30. The maximum Gasteiger partial charge on any atom is 0.139 e. The van der Waals surface area contributed by atoms with E-state index in [2.05, 4.69) is 22.4 Å². The summed E-state index contributed by atoms with van der Waals surface area (Å²) in [4.78, 5) is 4.33. The van der Waals surface area contributed by atoms with Crippen LogP contribution >= 0.6 is 0 Å². The number of hydrogen-bond donors (Lipinski definition) is 3. The average molecular weight is 248 g/mol. The second kappa shape index (κ2) is 5.35. The lowest BCUT2D eigenvalue weighted by molar-refractivity contribution is 0.313. The number of pyridine rings is 1. The Bertz CT molecular complexity index is 414. The molecule has 1 saturated carbocycles. The molecule has 0 aromatic carbocycles. The summed E-state index contributed by atoms with van der Waals surface area (Å²) >= 11 is 0. The quantitative estimate of drug-likeness (QED) is 0.309. The second-order valence-corrected chi connectivity index (χ2v) is 5.13. The molecule has 0 amide bonds. The maximum absolute atomic E-state index is 8.61. The molecule has 1 aromatic rings. The van der Waals surface area contributed by atoms with E-state index in [1.165, 1.54) is 0 Å². The Morgan fingerprint density at radius 3 is 2.94 bits per heavy atom. The zero-order valence-corrected chi connectivity index (χ0v) is 10.6. The summed E-state index contributed by atoms with van der Waals surface area (Å²) in [5.41, 5.74) is 6.80. The minimum absolute atomic E-state index is 0.180. The first-order valence-electron chi connectivity index (χ1n) is 6.26. The average Bonchev–Trinajstić information content (AvgIpc) is 3.17. The summed E-state index contributed by atoms with van der Waals surface area (Å²) in [6.07, 6.45) is 4.72. The SMILES string of the molecule is CC(NCC1(CC(N)=NO)CC1)c1ccccn1. The molecule has 0 saturated heterocycles. The molecule has 18 heavy (non-hydrogen) atoms. The van der Waals surface area contributed by atoms with Crippen molar-refractivity contribution in [3.05, 3.63) is 30.1 Å². The zero-order valence-electron chi connectivity index (χ0n) is 10.6. The van der Waals surface area contributed by atoms with Crippen LogP contribution < -0.4 is 11.1 Å². The van der Waals surface area contributed by atoms with Crippen molar-refractivity contribution in [3.63, 3.8) is 0 Å². The lowest BCUT2D eigenvalue weighted by atomic mass is 10.0. The molecule has 2 rings (SSSR count). The van der Waals surface area contributed by atoms with E-state index in [9.17, 15) is 0 Å². The number of oxime groups is 1. The molecule has 1 fully saturated rings. The van der Waals surface area contributed by atoms with Gasteiger partial charge >= 0.3 is 0 Å². The smallest absolute Gasteiger partial charge is 0.139 e. The van der Waals surface area contributed by atoms with Crippen LogP contribution in [-0.4, -0.2) is 22.6 Å². The summed E-state index contributed by atoms with van der Waals surface area (Å²) in [5, 5.41) is 15.1. The van der Waals surface area contributed by atoms with Crippen LogP contribution in [0, 0.1) is 5.41 Å². The van der Waals surface area contributed by atoms with Crippen molar-refractivity contribution < 1.29 is 5.21 Å². The van der Waals surface area contributed by atoms with Gasteiger partial charge in [-0.15, -0.1) is 0 Å². The van der Waals surface area contributed by atoms with E-state index in [0.717, 1.165) is 25.1 Å². The van der Waals surface area contributed by atoms with E-state index in [1.54, 1.807) is 6.20 Å². The van der Waals surface area contributed by atoms with Gasteiger partial charge in [0, 0.05) is 25.2 Å². The van der Waals surface area contributed by atoms with Crippen LogP contribution in [-0.2, 0) is 0 Å². The van der Waals surface area contributed by atoms with Gasteiger partial charge in [0.25, 0.3) is 0 Å². The number of hydrogen-bond acceptors (Lipinski definition) is 4. The summed E-state index contributed by atoms with van der Waals surface area (Å²) in [7, 11) is 0. The Kier molecular flexibility index (Phi) is 3.81. The molecule has 98 valence electrons. The first-order chi connectivity index (χ1) is 8.65. The molecule has 0 radical (unpaired) electrons. The predicted octanol–water partition coefficient (Wildman–Crippen LogP) is 1.65. The van der Waals surface area contributed by atoms with E-state index in [1.807, 2.05) is 18.2 Å². The van der Waals surface area contributed by atoms with Crippen LogP contribution in [0.15, 0.2) is 29.6 Å². The van der Waals surface area contributed by atoms with Crippen LogP contribution in [0.3, 0.4) is 0 Å². The van der Waals surface area contributed by atoms with E-state index in [-0.39, 0.29) is 11.5 Å². The monoisotopic (exact) mass is 248 g/mol. The van der Waals surface area contributed by atoms with Gasteiger partial charge in [-0.2, -0.15) is 0 Å². The highest BCUT2D eigenvalue weighted by atomic mass is 16.4. The van der Waals surface area contributed by atoms with E-state index in [0.29, 0.717) is 12.3 Å². The third kappa shape index (κ3) is 3.20. The summed E-state index contributed by atoms with van der Waals surface area (Å²) in [5.74, 6) is 0.319. The van der Waals surface area contributed by atoms with Crippen molar-refractivity contribution in [2.45, 2.75) is 32.2 Å². The summed E-state index contributed by atoms with van der Waals surface area (Å²) in [6.45, 7) is 2.98. The number of rotatable bonds is 6. The minimum Gasteiger partial charge on any atom is -0.409 e. The van der Waals surface area contributed by atoms with Gasteiger partial charge in [-0.1, -0.05) is 11.2 Å². The van der Waals surface area contributed by atoms with Gasteiger partial charge < -0.3 is 16.3 Å². The van der Waals surface area contributed by atoms with Gasteiger partial charge in [-0.25, -0.2) is 0 Å². The molecule has 0 aliphatic heterocycles. The fourth-order valence-electron chi connectivity index (χ4n) is 2.12. The molecule has 1 aliphatic rings. The van der Waals surface area contributed by atoms with Crippen molar-refractivity contribution in [1.82, 2.24) is 10.3 Å².